The average Bonchev–Trinajstić information content (AvgIpc) is 3.20. The average molecular weight is 487 g/mol. The number of Topliss-reactive ketones (excluding diaryl/α,β-unsaturated/α-hetero) is 1. The second-order valence-corrected chi connectivity index (χ2v) is 14.1. The second kappa shape index (κ2) is 9.92. The van der Waals surface area contributed by atoms with Crippen molar-refractivity contribution in [2.45, 2.75) is 99.3 Å². The van der Waals surface area contributed by atoms with Crippen LogP contribution in [0.25, 0.3) is 6.08 Å². The van der Waals surface area contributed by atoms with Crippen molar-refractivity contribution in [3.63, 3.8) is 0 Å². The molecule has 3 fully saturated rings. The largest absolute Gasteiger partial charge is 0.294 e. The maximum absolute atomic E-state index is 13.5. The van der Waals surface area contributed by atoms with E-state index in [0.29, 0.717) is 23.0 Å². The van der Waals surface area contributed by atoms with Gasteiger partial charge in [0.25, 0.3) is 0 Å². The van der Waals surface area contributed by atoms with Crippen molar-refractivity contribution in [1.29, 1.82) is 0 Å². The van der Waals surface area contributed by atoms with Crippen LogP contribution in [0.5, 0.6) is 0 Å². The summed E-state index contributed by atoms with van der Waals surface area (Å²) in [5, 5.41) is 0. The Morgan fingerprint density at radius 3 is 2.42 bits per heavy atom. The molecule has 0 unspecified atom stereocenters. The lowest BCUT2D eigenvalue weighted by Gasteiger charge is -2.58. The maximum Gasteiger partial charge on any atom is 0.162 e. The van der Waals surface area contributed by atoms with E-state index >= 15 is 0 Å². The van der Waals surface area contributed by atoms with Crippen LogP contribution < -0.4 is 0 Å². The number of benzene rings is 1. The van der Waals surface area contributed by atoms with Gasteiger partial charge in [-0.15, -0.1) is 0 Å². The van der Waals surface area contributed by atoms with Crippen molar-refractivity contribution in [1.82, 2.24) is 0 Å². The van der Waals surface area contributed by atoms with Crippen molar-refractivity contribution in [2.24, 2.45) is 52.3 Å². The third-order valence-electron chi connectivity index (χ3n) is 11.6. The Labute approximate surface area is 221 Å². The highest BCUT2D eigenvalue weighted by Gasteiger charge is 2.59. The first-order valence-electron chi connectivity index (χ1n) is 15.1. The minimum absolute atomic E-state index is 0.127. The lowest BCUT2D eigenvalue weighted by molar-refractivity contribution is -0.127. The van der Waals surface area contributed by atoms with Crippen molar-refractivity contribution >= 4 is 11.9 Å². The fraction of sp³-hybridized carbons (Fsp3) is 0.686. The van der Waals surface area contributed by atoms with Crippen molar-refractivity contribution in [3.8, 4) is 0 Å². The first-order chi connectivity index (χ1) is 17.1. The molecule has 4 aliphatic rings. The van der Waals surface area contributed by atoms with E-state index in [0.717, 1.165) is 42.1 Å². The van der Waals surface area contributed by atoms with Gasteiger partial charge in [0, 0.05) is 5.92 Å². The van der Waals surface area contributed by atoms with Gasteiger partial charge in [-0.1, -0.05) is 103 Å². The molecule has 8 atom stereocenters. The molecule has 0 bridgehead atoms. The van der Waals surface area contributed by atoms with Crippen molar-refractivity contribution < 1.29 is 4.79 Å². The summed E-state index contributed by atoms with van der Waals surface area (Å²) in [6, 6.07) is 10.5. The van der Waals surface area contributed by atoms with E-state index in [1.807, 2.05) is 0 Å². The highest BCUT2D eigenvalue weighted by Crippen LogP contribution is 2.67. The Morgan fingerprint density at radius 1 is 0.972 bits per heavy atom. The molecule has 0 radical (unpaired) electrons. The molecule has 0 saturated heterocycles. The van der Waals surface area contributed by atoms with Crippen LogP contribution in [0, 0.1) is 52.3 Å². The summed E-state index contributed by atoms with van der Waals surface area (Å²) in [7, 11) is 0. The van der Waals surface area contributed by atoms with Gasteiger partial charge in [0.2, 0.25) is 0 Å². The van der Waals surface area contributed by atoms with Gasteiger partial charge < -0.3 is 0 Å². The van der Waals surface area contributed by atoms with Gasteiger partial charge in [-0.2, -0.15) is 0 Å². The quantitative estimate of drug-likeness (QED) is 0.289. The summed E-state index contributed by atoms with van der Waals surface area (Å²) in [5.74, 6) is 4.98. The number of fused-ring (bicyclic) bond motifs is 5. The molecule has 1 aromatic rings. The summed E-state index contributed by atoms with van der Waals surface area (Å²) < 4.78 is 0. The molecule has 0 heterocycles. The lowest BCUT2D eigenvalue weighted by atomic mass is 9.46. The van der Waals surface area contributed by atoms with Crippen LogP contribution in [0.4, 0.5) is 0 Å². The number of ketones is 1. The minimum atomic E-state index is 0.127. The third-order valence-corrected chi connectivity index (χ3v) is 11.6. The molecular weight excluding hydrogens is 436 g/mol. The molecule has 0 amide bonds. The van der Waals surface area contributed by atoms with Crippen LogP contribution in [0.3, 0.4) is 0 Å². The predicted molar refractivity (Wildman–Crippen MR) is 152 cm³/mol. The number of allylic oxidation sites excluding steroid dienone is 3. The van der Waals surface area contributed by atoms with E-state index in [1.54, 1.807) is 5.57 Å². The number of carbonyl (C=O) groups excluding carboxylic acids is 1. The highest BCUT2D eigenvalue weighted by molar-refractivity contribution is 6.02. The third kappa shape index (κ3) is 4.37. The zero-order valence-electron chi connectivity index (χ0n) is 23.9. The van der Waals surface area contributed by atoms with Crippen LogP contribution in [0.1, 0.15) is 105 Å². The van der Waals surface area contributed by atoms with E-state index in [1.165, 1.54) is 50.5 Å². The predicted octanol–water partition coefficient (Wildman–Crippen LogP) is 9.54. The Kier molecular flexibility index (Phi) is 7.16. The zero-order valence-corrected chi connectivity index (χ0v) is 23.9. The van der Waals surface area contributed by atoms with Crippen molar-refractivity contribution in [2.75, 3.05) is 0 Å². The Morgan fingerprint density at radius 2 is 1.69 bits per heavy atom. The van der Waals surface area contributed by atoms with Gasteiger partial charge >= 0.3 is 0 Å². The van der Waals surface area contributed by atoms with Crippen LogP contribution in [0.2, 0.25) is 0 Å². The van der Waals surface area contributed by atoms with Crippen LogP contribution in [-0.4, -0.2) is 5.78 Å². The number of hydrogen-bond donors (Lipinski definition) is 0. The minimum Gasteiger partial charge on any atom is -0.294 e. The maximum atomic E-state index is 13.5. The topological polar surface area (TPSA) is 17.1 Å². The van der Waals surface area contributed by atoms with E-state index < -0.39 is 0 Å². The molecule has 4 aliphatic carbocycles. The van der Waals surface area contributed by atoms with Gasteiger partial charge in [-0.3, -0.25) is 4.79 Å². The van der Waals surface area contributed by atoms with E-state index in [9.17, 15) is 4.79 Å². The Bertz CT molecular complexity index is 1010. The molecule has 5 rings (SSSR count). The first-order valence-corrected chi connectivity index (χ1v) is 15.1. The highest BCUT2D eigenvalue weighted by atomic mass is 16.1. The van der Waals surface area contributed by atoms with Crippen LogP contribution >= 0.6 is 0 Å². The molecule has 196 valence electrons. The van der Waals surface area contributed by atoms with Crippen molar-refractivity contribution in [3.05, 3.63) is 53.1 Å². The molecule has 1 nitrogen and oxygen atoms in total. The smallest absolute Gasteiger partial charge is 0.162 e. The summed E-state index contributed by atoms with van der Waals surface area (Å²) in [4.78, 5) is 13.5. The van der Waals surface area contributed by atoms with E-state index in [4.69, 9.17) is 0 Å². The fourth-order valence-corrected chi connectivity index (χ4v) is 9.68. The molecule has 0 spiro atoms. The van der Waals surface area contributed by atoms with Gasteiger partial charge in [0.15, 0.2) is 5.78 Å². The second-order valence-electron chi connectivity index (χ2n) is 14.1. The number of rotatable bonds is 6. The Hall–Kier alpha value is -1.63. The van der Waals surface area contributed by atoms with E-state index in [2.05, 4.69) is 84.0 Å². The zero-order chi connectivity index (χ0) is 25.7. The van der Waals surface area contributed by atoms with E-state index in [-0.39, 0.29) is 11.3 Å². The normalized spacial score (nSPS) is 40.0. The lowest BCUT2D eigenvalue weighted by Crippen LogP contribution is -2.52. The molecule has 0 aliphatic heterocycles. The Balaban J connectivity index is 1.39. The monoisotopic (exact) mass is 486 g/mol. The summed E-state index contributed by atoms with van der Waals surface area (Å²) in [6.45, 7) is 14.7. The molecule has 0 aromatic heterocycles. The van der Waals surface area contributed by atoms with Crippen LogP contribution in [-0.2, 0) is 4.79 Å². The van der Waals surface area contributed by atoms with Gasteiger partial charge in [-0.25, -0.2) is 0 Å². The van der Waals surface area contributed by atoms with Crippen LogP contribution in [0.15, 0.2) is 47.6 Å². The van der Waals surface area contributed by atoms with Gasteiger partial charge in [0.1, 0.15) is 0 Å². The summed E-state index contributed by atoms with van der Waals surface area (Å²) >= 11 is 0. The molecule has 0 N–H and O–H groups in total. The molecule has 1 heteroatoms. The number of carbonyl (C=O) groups is 1. The standard InChI is InChI=1S/C35H50O/c1-23(2)11-10-12-24(3)29-17-18-31-28-15-16-30-25(4)33(36)27(21-26-13-8-7-9-14-26)22-35(30,6)32(28)19-20-34(29,31)5/h7-9,13-15,21,23-25,29-32H,10-12,16-20,22H2,1-6H3/b27-21+/t24-,25+,29-,30+,31+,32+,34-,35+/m1/s1. The van der Waals surface area contributed by atoms with Gasteiger partial charge in [-0.05, 0) is 102 Å². The SMILES string of the molecule is CC(C)CCC[C@@H](C)[C@H]1CC[C@H]2C3=CC[C@H]4[C@H](C)C(=O)/C(=C/c5ccccc5)C[C@]4(C)[C@H]3CC[C@]12C. The molecule has 1 aromatic carbocycles. The number of hydrogen-bond acceptors (Lipinski definition) is 1. The summed E-state index contributed by atoms with van der Waals surface area (Å²) in [6.07, 6.45) is 16.6. The molecule has 36 heavy (non-hydrogen) atoms. The molecule has 3 saturated carbocycles. The fourth-order valence-electron chi connectivity index (χ4n) is 9.68. The van der Waals surface area contributed by atoms with Gasteiger partial charge in [0.05, 0.1) is 0 Å². The molecular formula is C35H50O. The first kappa shape index (κ1) is 26.0. The summed E-state index contributed by atoms with van der Waals surface area (Å²) in [5.41, 5.74) is 4.73.